The third kappa shape index (κ3) is 3.43. The van der Waals surface area contributed by atoms with Crippen molar-refractivity contribution >= 4 is 23.2 Å². The van der Waals surface area contributed by atoms with Crippen LogP contribution in [0, 0.1) is 21.4 Å². The lowest BCUT2D eigenvalue weighted by atomic mass is 10.2. The van der Waals surface area contributed by atoms with Crippen LogP contribution < -0.4 is 5.32 Å². The fourth-order valence-corrected chi connectivity index (χ4v) is 1.31. The van der Waals surface area contributed by atoms with Gasteiger partial charge in [-0.15, -0.1) is 0 Å². The van der Waals surface area contributed by atoms with Crippen LogP contribution in [0.25, 0.3) is 0 Å². The molecule has 0 bridgehead atoms. The molecule has 17 heavy (non-hydrogen) atoms. The molecule has 0 saturated heterocycles. The summed E-state index contributed by atoms with van der Waals surface area (Å²) in [5, 5.41) is 21.3. The maximum Gasteiger partial charge on any atom is 0.288 e. The molecule has 0 aliphatic carbocycles. The van der Waals surface area contributed by atoms with Crippen LogP contribution in [0.15, 0.2) is 18.2 Å². The maximum atomic E-state index is 11.5. The molecule has 0 aliphatic heterocycles. The lowest BCUT2D eigenvalue weighted by Crippen LogP contribution is -2.24. The molecule has 0 heterocycles. The first-order valence-electron chi connectivity index (χ1n) is 4.65. The highest BCUT2D eigenvalue weighted by Crippen LogP contribution is 2.24. The van der Waals surface area contributed by atoms with Crippen molar-refractivity contribution in [3.05, 3.63) is 38.9 Å². The first kappa shape index (κ1) is 12.9. The Morgan fingerprint density at radius 1 is 1.59 bits per heavy atom. The zero-order chi connectivity index (χ0) is 12.8. The van der Waals surface area contributed by atoms with E-state index >= 15 is 0 Å². The minimum absolute atomic E-state index is 0.0245. The Morgan fingerprint density at radius 2 is 2.29 bits per heavy atom. The quantitative estimate of drug-likeness (QED) is 0.503. The summed E-state index contributed by atoms with van der Waals surface area (Å²) in [7, 11) is 0. The molecule has 1 amide bonds. The summed E-state index contributed by atoms with van der Waals surface area (Å²) in [4.78, 5) is 21.5. The first-order chi connectivity index (χ1) is 8.06. The highest BCUT2D eigenvalue weighted by atomic mass is 35.5. The molecule has 0 aliphatic rings. The van der Waals surface area contributed by atoms with Gasteiger partial charge >= 0.3 is 0 Å². The molecule has 0 fully saturated rings. The van der Waals surface area contributed by atoms with Gasteiger partial charge in [0.05, 0.1) is 17.4 Å². The molecule has 0 spiro atoms. The van der Waals surface area contributed by atoms with E-state index < -0.39 is 10.8 Å². The van der Waals surface area contributed by atoms with Gasteiger partial charge in [0.2, 0.25) is 0 Å². The SMILES string of the molecule is N#CCCNC(=O)c1ccc(Cl)c([N+](=O)[O-])c1. The number of amides is 1. The van der Waals surface area contributed by atoms with Crippen LogP contribution in [0.4, 0.5) is 5.69 Å². The Kier molecular flexibility index (Phi) is 4.43. The number of benzene rings is 1. The topological polar surface area (TPSA) is 96.0 Å². The molecule has 7 heteroatoms. The number of carbonyl (C=O) groups is 1. The summed E-state index contributed by atoms with van der Waals surface area (Å²) in [5.41, 5.74) is -0.182. The predicted octanol–water partition coefficient (Wildman–Crippen LogP) is 1.89. The zero-order valence-electron chi connectivity index (χ0n) is 8.64. The summed E-state index contributed by atoms with van der Waals surface area (Å²) in [6.45, 7) is 0.200. The van der Waals surface area contributed by atoms with Crippen molar-refractivity contribution in [2.24, 2.45) is 0 Å². The molecule has 6 nitrogen and oxygen atoms in total. The van der Waals surface area contributed by atoms with E-state index in [9.17, 15) is 14.9 Å². The average molecular weight is 254 g/mol. The number of nitriles is 1. The van der Waals surface area contributed by atoms with Crippen molar-refractivity contribution in [3.8, 4) is 6.07 Å². The first-order valence-corrected chi connectivity index (χ1v) is 5.03. The van der Waals surface area contributed by atoms with Gasteiger partial charge in [0.25, 0.3) is 11.6 Å². The van der Waals surface area contributed by atoms with Crippen LogP contribution in [0.3, 0.4) is 0 Å². The molecule has 0 unspecified atom stereocenters. The maximum absolute atomic E-state index is 11.5. The molecule has 1 rings (SSSR count). The summed E-state index contributed by atoms with van der Waals surface area (Å²) in [6.07, 6.45) is 0.182. The molecule has 0 atom stereocenters. The van der Waals surface area contributed by atoms with Crippen molar-refractivity contribution in [2.45, 2.75) is 6.42 Å². The van der Waals surface area contributed by atoms with E-state index in [1.54, 1.807) is 0 Å². The Morgan fingerprint density at radius 3 is 2.88 bits per heavy atom. The van der Waals surface area contributed by atoms with Crippen molar-refractivity contribution in [1.29, 1.82) is 5.26 Å². The third-order valence-corrected chi connectivity index (χ3v) is 2.25. The molecule has 1 N–H and O–H groups in total. The number of rotatable bonds is 4. The van der Waals surface area contributed by atoms with Gasteiger partial charge in [0, 0.05) is 18.2 Å². The van der Waals surface area contributed by atoms with Gasteiger partial charge in [0.1, 0.15) is 5.02 Å². The highest BCUT2D eigenvalue weighted by molar-refractivity contribution is 6.32. The third-order valence-electron chi connectivity index (χ3n) is 1.93. The van der Waals surface area contributed by atoms with Crippen LogP contribution in [-0.4, -0.2) is 17.4 Å². The van der Waals surface area contributed by atoms with Crippen LogP contribution in [0.5, 0.6) is 0 Å². The Hall–Kier alpha value is -2.13. The number of hydrogen-bond donors (Lipinski definition) is 1. The monoisotopic (exact) mass is 253 g/mol. The number of carbonyl (C=O) groups excluding carboxylic acids is 1. The molecular weight excluding hydrogens is 246 g/mol. The van der Waals surface area contributed by atoms with Crippen molar-refractivity contribution < 1.29 is 9.72 Å². The van der Waals surface area contributed by atoms with Crippen LogP contribution in [-0.2, 0) is 0 Å². The molecule has 0 aromatic heterocycles. The zero-order valence-corrected chi connectivity index (χ0v) is 9.40. The second kappa shape index (κ2) is 5.82. The normalized spacial score (nSPS) is 9.41. The lowest BCUT2D eigenvalue weighted by Gasteiger charge is -2.03. The van der Waals surface area contributed by atoms with Crippen LogP contribution >= 0.6 is 11.6 Å². The van der Waals surface area contributed by atoms with Gasteiger partial charge in [-0.2, -0.15) is 5.26 Å². The number of nitrogens with zero attached hydrogens (tertiary/aromatic N) is 2. The van der Waals surface area contributed by atoms with Gasteiger partial charge in [-0.1, -0.05) is 11.6 Å². The predicted molar refractivity (Wildman–Crippen MR) is 60.7 cm³/mol. The average Bonchev–Trinajstić information content (AvgIpc) is 2.29. The van der Waals surface area contributed by atoms with E-state index in [1.165, 1.54) is 12.1 Å². The largest absolute Gasteiger partial charge is 0.351 e. The number of nitrogens with one attached hydrogen (secondary N) is 1. The summed E-state index contributed by atoms with van der Waals surface area (Å²) in [5.74, 6) is -0.472. The van der Waals surface area contributed by atoms with E-state index in [-0.39, 0.29) is 29.2 Å². The van der Waals surface area contributed by atoms with Gasteiger partial charge in [-0.05, 0) is 12.1 Å². The fourth-order valence-electron chi connectivity index (χ4n) is 1.13. The number of hydrogen-bond acceptors (Lipinski definition) is 4. The number of nitro groups is 1. The highest BCUT2D eigenvalue weighted by Gasteiger charge is 2.15. The fraction of sp³-hybridized carbons (Fsp3) is 0.200. The van der Waals surface area contributed by atoms with Crippen molar-refractivity contribution in [1.82, 2.24) is 5.32 Å². The standard InChI is InChI=1S/C10H8ClN3O3/c11-8-3-2-7(6-9(8)14(16)17)10(15)13-5-1-4-12/h2-3,6H,1,5H2,(H,13,15). The molecule has 0 radical (unpaired) electrons. The molecule has 1 aromatic carbocycles. The van der Waals surface area contributed by atoms with E-state index in [1.807, 2.05) is 6.07 Å². The molecule has 0 saturated carbocycles. The lowest BCUT2D eigenvalue weighted by molar-refractivity contribution is -0.384. The smallest absolute Gasteiger partial charge is 0.288 e. The van der Waals surface area contributed by atoms with Crippen LogP contribution in [0.1, 0.15) is 16.8 Å². The van der Waals surface area contributed by atoms with Crippen LogP contribution in [0.2, 0.25) is 5.02 Å². The Labute approximate surface area is 102 Å². The van der Waals surface area contributed by atoms with E-state index in [0.29, 0.717) is 0 Å². The van der Waals surface area contributed by atoms with Gasteiger partial charge in [-0.25, -0.2) is 0 Å². The van der Waals surface area contributed by atoms with Crippen molar-refractivity contribution in [3.63, 3.8) is 0 Å². The van der Waals surface area contributed by atoms with Gasteiger partial charge in [0.15, 0.2) is 0 Å². The Bertz CT molecular complexity index is 496. The van der Waals surface area contributed by atoms with E-state index in [0.717, 1.165) is 6.07 Å². The molecule has 1 aromatic rings. The minimum atomic E-state index is -0.658. The number of nitro benzene ring substituents is 1. The van der Waals surface area contributed by atoms with Gasteiger partial charge in [-0.3, -0.25) is 14.9 Å². The summed E-state index contributed by atoms with van der Waals surface area (Å²) < 4.78 is 0. The van der Waals surface area contributed by atoms with Gasteiger partial charge < -0.3 is 5.32 Å². The summed E-state index contributed by atoms with van der Waals surface area (Å²) in [6, 6.07) is 5.65. The van der Waals surface area contributed by atoms with E-state index in [2.05, 4.69) is 5.32 Å². The Balaban J connectivity index is 2.85. The molecular formula is C10H8ClN3O3. The second-order valence-electron chi connectivity index (χ2n) is 3.09. The minimum Gasteiger partial charge on any atom is -0.351 e. The number of halogens is 1. The molecule has 88 valence electrons. The summed E-state index contributed by atoms with van der Waals surface area (Å²) >= 11 is 5.61. The van der Waals surface area contributed by atoms with E-state index in [4.69, 9.17) is 16.9 Å². The van der Waals surface area contributed by atoms with Crippen molar-refractivity contribution in [2.75, 3.05) is 6.54 Å². The second-order valence-corrected chi connectivity index (χ2v) is 3.49.